The van der Waals surface area contributed by atoms with E-state index in [0.29, 0.717) is 0 Å². The van der Waals surface area contributed by atoms with Crippen molar-refractivity contribution in [2.24, 2.45) is 5.16 Å². The highest BCUT2D eigenvalue weighted by Crippen LogP contribution is 2.22. The van der Waals surface area contributed by atoms with Gasteiger partial charge in [0.25, 0.3) is 5.91 Å². The van der Waals surface area contributed by atoms with Gasteiger partial charge < -0.3 is 31.4 Å². The maximum atomic E-state index is 13.1. The van der Waals surface area contributed by atoms with Gasteiger partial charge in [0.15, 0.2) is 22.0 Å². The fourth-order valence-electron chi connectivity index (χ4n) is 2.65. The number of aromatic nitrogens is 2. The summed E-state index contributed by atoms with van der Waals surface area (Å²) in [4.78, 5) is 73.9. The number of rotatable bonds is 11. The van der Waals surface area contributed by atoms with Crippen molar-refractivity contribution in [3.8, 4) is 0 Å². The third-order valence-electron chi connectivity index (χ3n) is 4.35. The minimum atomic E-state index is -1.38. The minimum absolute atomic E-state index is 0.0510. The van der Waals surface area contributed by atoms with Crippen molar-refractivity contribution < 1.29 is 28.8 Å². The van der Waals surface area contributed by atoms with Gasteiger partial charge in [0.2, 0.25) is 23.6 Å². The zero-order valence-corrected chi connectivity index (χ0v) is 21.4. The highest BCUT2D eigenvalue weighted by molar-refractivity contribution is 7.14. The molecule has 3 heterocycles. The first-order chi connectivity index (χ1) is 17.2. The Labute approximate surface area is 221 Å². The van der Waals surface area contributed by atoms with E-state index in [-0.39, 0.29) is 51.6 Å². The SMILES string of the molecule is CO/N=C(\C(=O)NC(C(=O)NC1CNC1=O)c1csc(NC(=O)CCl)n1)c1csc(NC(=O)CCl)n1. The number of alkyl halides is 2. The van der Waals surface area contributed by atoms with E-state index >= 15 is 0 Å². The molecule has 2 atom stereocenters. The molecule has 0 bridgehead atoms. The Hall–Kier alpha value is -3.34. The van der Waals surface area contributed by atoms with Crippen molar-refractivity contribution in [1.82, 2.24) is 25.9 Å². The molecule has 36 heavy (non-hydrogen) atoms. The van der Waals surface area contributed by atoms with Gasteiger partial charge in [-0.25, -0.2) is 9.97 Å². The first-order valence-electron chi connectivity index (χ1n) is 9.88. The summed E-state index contributed by atoms with van der Waals surface area (Å²) in [5.41, 5.74) is -0.166. The van der Waals surface area contributed by atoms with E-state index in [4.69, 9.17) is 28.0 Å². The molecule has 0 aliphatic carbocycles. The van der Waals surface area contributed by atoms with Crippen LogP contribution >= 0.6 is 45.9 Å². The molecule has 5 N–H and O–H groups in total. The molecule has 18 heteroatoms. The Morgan fingerprint density at radius 2 is 1.78 bits per heavy atom. The van der Waals surface area contributed by atoms with Crippen LogP contribution in [0, 0.1) is 0 Å². The number of anilines is 2. The summed E-state index contributed by atoms with van der Waals surface area (Å²) in [7, 11) is 1.21. The molecule has 1 aliphatic heterocycles. The van der Waals surface area contributed by atoms with Crippen LogP contribution in [0.3, 0.4) is 0 Å². The lowest BCUT2D eigenvalue weighted by atomic mass is 10.1. The normalized spacial score (nSPS) is 15.7. The predicted molar refractivity (Wildman–Crippen MR) is 132 cm³/mol. The molecule has 0 aromatic carbocycles. The molecule has 14 nitrogen and oxygen atoms in total. The van der Waals surface area contributed by atoms with Gasteiger partial charge in [0.05, 0.1) is 5.69 Å². The summed E-state index contributed by atoms with van der Waals surface area (Å²) in [6.45, 7) is 0.228. The van der Waals surface area contributed by atoms with Crippen molar-refractivity contribution in [3.63, 3.8) is 0 Å². The first-order valence-corrected chi connectivity index (χ1v) is 12.7. The molecule has 3 rings (SSSR count). The lowest BCUT2D eigenvalue weighted by Gasteiger charge is -2.28. The monoisotopic (exact) mass is 576 g/mol. The van der Waals surface area contributed by atoms with Crippen LogP contribution in [0.25, 0.3) is 0 Å². The third kappa shape index (κ3) is 6.87. The number of carbonyl (C=O) groups excluding carboxylic acids is 5. The Balaban J connectivity index is 1.84. The van der Waals surface area contributed by atoms with Gasteiger partial charge in [-0.15, -0.1) is 45.9 Å². The number of β-lactam (4-membered cyclic amide) rings is 1. The second-order valence-electron chi connectivity index (χ2n) is 6.81. The molecule has 0 radical (unpaired) electrons. The van der Waals surface area contributed by atoms with Gasteiger partial charge in [-0.3, -0.25) is 24.0 Å². The minimum Gasteiger partial charge on any atom is -0.398 e. The van der Waals surface area contributed by atoms with E-state index in [1.165, 1.54) is 17.9 Å². The topological polar surface area (TPSA) is 193 Å². The summed E-state index contributed by atoms with van der Waals surface area (Å²) in [6.07, 6.45) is 0. The van der Waals surface area contributed by atoms with Crippen molar-refractivity contribution in [2.45, 2.75) is 12.1 Å². The van der Waals surface area contributed by atoms with Crippen molar-refractivity contribution in [1.29, 1.82) is 0 Å². The first kappa shape index (κ1) is 27.3. The van der Waals surface area contributed by atoms with Gasteiger partial charge in [0, 0.05) is 17.3 Å². The largest absolute Gasteiger partial charge is 0.398 e. The Kier molecular flexibility index (Phi) is 9.51. The molecule has 2 unspecified atom stereocenters. The fourth-order valence-corrected chi connectivity index (χ4v) is 4.25. The molecular weight excluding hydrogens is 559 g/mol. The quantitative estimate of drug-likeness (QED) is 0.105. The number of nitrogens with zero attached hydrogens (tertiary/aromatic N) is 3. The van der Waals surface area contributed by atoms with Gasteiger partial charge in [-0.1, -0.05) is 5.16 Å². The number of hydrogen-bond donors (Lipinski definition) is 5. The Morgan fingerprint density at radius 3 is 2.33 bits per heavy atom. The molecule has 1 aliphatic rings. The molecule has 0 saturated carbocycles. The predicted octanol–water partition coefficient (Wildman–Crippen LogP) is -0.223. The fraction of sp³-hybridized carbons (Fsp3) is 0.333. The van der Waals surface area contributed by atoms with Crippen LogP contribution in [0.15, 0.2) is 15.9 Å². The smallest absolute Gasteiger partial charge is 0.276 e. The number of halogens is 2. The van der Waals surface area contributed by atoms with E-state index in [1.807, 2.05) is 0 Å². The average molecular weight is 577 g/mol. The van der Waals surface area contributed by atoms with Crippen LogP contribution in [0.2, 0.25) is 0 Å². The molecule has 192 valence electrons. The van der Waals surface area contributed by atoms with E-state index in [2.05, 4.69) is 41.7 Å². The average Bonchev–Trinajstić information content (AvgIpc) is 3.52. The van der Waals surface area contributed by atoms with E-state index in [0.717, 1.165) is 22.7 Å². The summed E-state index contributed by atoms with van der Waals surface area (Å²) in [6, 6.07) is -2.15. The van der Waals surface area contributed by atoms with E-state index in [9.17, 15) is 24.0 Å². The van der Waals surface area contributed by atoms with Crippen LogP contribution in [0.5, 0.6) is 0 Å². The molecule has 2 aromatic heterocycles. The zero-order chi connectivity index (χ0) is 26.2. The van der Waals surface area contributed by atoms with Crippen LogP contribution in [0.4, 0.5) is 10.3 Å². The summed E-state index contributed by atoms with van der Waals surface area (Å²) < 4.78 is 0. The van der Waals surface area contributed by atoms with Crippen LogP contribution < -0.4 is 26.6 Å². The van der Waals surface area contributed by atoms with Crippen LogP contribution in [-0.4, -0.2) is 76.7 Å². The number of carbonyl (C=O) groups is 5. The molecule has 1 fully saturated rings. The van der Waals surface area contributed by atoms with Crippen LogP contribution in [-0.2, 0) is 28.8 Å². The molecule has 5 amide bonds. The number of amides is 5. The van der Waals surface area contributed by atoms with Crippen molar-refractivity contribution >= 4 is 91.4 Å². The van der Waals surface area contributed by atoms with E-state index in [1.54, 1.807) is 0 Å². The van der Waals surface area contributed by atoms with Crippen molar-refractivity contribution in [3.05, 3.63) is 22.1 Å². The molecule has 2 aromatic rings. The van der Waals surface area contributed by atoms with Crippen molar-refractivity contribution in [2.75, 3.05) is 36.0 Å². The maximum Gasteiger partial charge on any atom is 0.276 e. The number of nitrogens with one attached hydrogen (secondary N) is 5. The molecule has 1 saturated heterocycles. The second kappa shape index (κ2) is 12.6. The molecule has 0 spiro atoms. The second-order valence-corrected chi connectivity index (χ2v) is 9.07. The number of oxime groups is 1. The lowest BCUT2D eigenvalue weighted by Crippen LogP contribution is -2.63. The van der Waals surface area contributed by atoms with Gasteiger partial charge >= 0.3 is 0 Å². The highest BCUT2D eigenvalue weighted by Gasteiger charge is 2.34. The van der Waals surface area contributed by atoms with Gasteiger partial charge in [-0.05, 0) is 0 Å². The lowest BCUT2D eigenvalue weighted by molar-refractivity contribution is -0.134. The summed E-state index contributed by atoms with van der Waals surface area (Å²) >= 11 is 13.0. The number of thiazole rings is 2. The van der Waals surface area contributed by atoms with Gasteiger partial charge in [-0.2, -0.15) is 0 Å². The highest BCUT2D eigenvalue weighted by atomic mass is 35.5. The molecular formula is C18H18Cl2N8O6S2. The Morgan fingerprint density at radius 1 is 1.14 bits per heavy atom. The maximum absolute atomic E-state index is 13.1. The number of hydrogen-bond acceptors (Lipinski definition) is 11. The Bertz CT molecular complexity index is 1200. The van der Waals surface area contributed by atoms with Crippen LogP contribution in [0.1, 0.15) is 17.4 Å². The summed E-state index contributed by atoms with van der Waals surface area (Å²) in [5.74, 6) is -3.57. The third-order valence-corrected chi connectivity index (χ3v) is 6.37. The summed E-state index contributed by atoms with van der Waals surface area (Å²) in [5, 5.41) is 19.3. The standard InChI is InChI=1S/C18H18Cl2N8O6S2/c1-34-28-13(9-6-36-18(24-9)26-11(30)3-20)16(33)27-12(15(32)22-7-4-21-14(7)31)8-5-35-17(23-8)25-10(29)2-19/h5-7,12H,2-4H2,1H3,(H,21,31)(H,22,32)(H,27,33)(H,23,25,29)(H,24,26,30)/b28-13-. The van der Waals surface area contributed by atoms with E-state index < -0.39 is 35.7 Å². The van der Waals surface area contributed by atoms with Gasteiger partial charge in [0.1, 0.15) is 30.6 Å². The zero-order valence-electron chi connectivity index (χ0n) is 18.3.